The van der Waals surface area contributed by atoms with E-state index in [2.05, 4.69) is 45.9 Å². The van der Waals surface area contributed by atoms with Crippen LogP contribution in [0.5, 0.6) is 0 Å². The standard InChI is InChI=1S/C18H27N3O2/c22-10-9-19-18(23)20-17-8-4-7-15-12-21(13-16(15)17)11-14-5-2-1-3-6-14/h1-3,5-6,15-17,22H,4,7-13H2,(H2,19,20,23). The van der Waals surface area contributed by atoms with E-state index in [1.54, 1.807) is 0 Å². The minimum Gasteiger partial charge on any atom is -0.395 e. The number of carbonyl (C=O) groups excluding carboxylic acids is 1. The normalized spacial score (nSPS) is 27.4. The van der Waals surface area contributed by atoms with E-state index in [0.717, 1.165) is 26.1 Å². The molecule has 5 nitrogen and oxygen atoms in total. The largest absolute Gasteiger partial charge is 0.395 e. The lowest BCUT2D eigenvalue weighted by molar-refractivity contribution is 0.200. The summed E-state index contributed by atoms with van der Waals surface area (Å²) in [6.07, 6.45) is 3.52. The van der Waals surface area contributed by atoms with Gasteiger partial charge in [-0.2, -0.15) is 0 Å². The molecule has 0 radical (unpaired) electrons. The summed E-state index contributed by atoms with van der Waals surface area (Å²) in [5, 5.41) is 14.6. The Morgan fingerprint density at radius 1 is 1.22 bits per heavy atom. The summed E-state index contributed by atoms with van der Waals surface area (Å²) in [5.74, 6) is 1.24. The van der Waals surface area contributed by atoms with Gasteiger partial charge in [0.05, 0.1) is 6.61 Å². The monoisotopic (exact) mass is 317 g/mol. The molecule has 3 N–H and O–H groups in total. The van der Waals surface area contributed by atoms with Crippen LogP contribution in [0.3, 0.4) is 0 Å². The average Bonchev–Trinajstić information content (AvgIpc) is 2.97. The molecule has 3 atom stereocenters. The lowest BCUT2D eigenvalue weighted by atomic mass is 9.78. The van der Waals surface area contributed by atoms with E-state index in [1.807, 2.05) is 0 Å². The van der Waals surface area contributed by atoms with E-state index in [4.69, 9.17) is 5.11 Å². The molecule has 23 heavy (non-hydrogen) atoms. The number of rotatable bonds is 5. The van der Waals surface area contributed by atoms with Crippen LogP contribution in [0.2, 0.25) is 0 Å². The minimum atomic E-state index is -0.147. The lowest BCUT2D eigenvalue weighted by Crippen LogP contribution is -2.49. The molecule has 2 amide bonds. The van der Waals surface area contributed by atoms with Crippen LogP contribution in [0.15, 0.2) is 30.3 Å². The highest BCUT2D eigenvalue weighted by atomic mass is 16.3. The summed E-state index contributed by atoms with van der Waals surface area (Å²) in [6.45, 7) is 3.49. The van der Waals surface area contributed by atoms with Gasteiger partial charge in [-0.1, -0.05) is 36.8 Å². The molecule has 0 aromatic heterocycles. The highest BCUT2D eigenvalue weighted by Crippen LogP contribution is 2.36. The number of benzene rings is 1. The number of likely N-dealkylation sites (tertiary alicyclic amines) is 1. The van der Waals surface area contributed by atoms with Crippen LogP contribution < -0.4 is 10.6 Å². The van der Waals surface area contributed by atoms with Gasteiger partial charge in [0.15, 0.2) is 0 Å². The number of fused-ring (bicyclic) bond motifs is 1. The molecule has 1 saturated heterocycles. The number of aliphatic hydroxyl groups is 1. The highest BCUT2D eigenvalue weighted by molar-refractivity contribution is 5.74. The molecule has 1 aliphatic carbocycles. The summed E-state index contributed by atoms with van der Waals surface area (Å²) in [7, 11) is 0. The van der Waals surface area contributed by atoms with Gasteiger partial charge in [0.2, 0.25) is 0 Å². The second-order valence-electron chi connectivity index (χ2n) is 6.76. The first-order valence-corrected chi connectivity index (χ1v) is 8.68. The molecule has 1 aromatic carbocycles. The Bertz CT molecular complexity index is 508. The van der Waals surface area contributed by atoms with Crippen LogP contribution in [-0.2, 0) is 6.54 Å². The number of hydrogen-bond acceptors (Lipinski definition) is 3. The van der Waals surface area contributed by atoms with Crippen molar-refractivity contribution in [3.05, 3.63) is 35.9 Å². The summed E-state index contributed by atoms with van der Waals surface area (Å²) < 4.78 is 0. The Kier molecular flexibility index (Phi) is 5.51. The van der Waals surface area contributed by atoms with Crippen molar-refractivity contribution in [2.75, 3.05) is 26.2 Å². The zero-order valence-electron chi connectivity index (χ0n) is 13.6. The number of aliphatic hydroxyl groups excluding tert-OH is 1. The predicted molar refractivity (Wildman–Crippen MR) is 90.0 cm³/mol. The molecule has 3 rings (SSSR count). The van der Waals surface area contributed by atoms with Crippen LogP contribution in [0.4, 0.5) is 4.79 Å². The fourth-order valence-electron chi connectivity index (χ4n) is 4.10. The molecule has 1 heterocycles. The van der Waals surface area contributed by atoms with Crippen LogP contribution in [0.25, 0.3) is 0 Å². The second kappa shape index (κ2) is 7.79. The van der Waals surface area contributed by atoms with E-state index in [9.17, 15) is 4.79 Å². The van der Waals surface area contributed by atoms with Crippen LogP contribution in [0.1, 0.15) is 24.8 Å². The quantitative estimate of drug-likeness (QED) is 0.772. The van der Waals surface area contributed by atoms with Gasteiger partial charge in [-0.25, -0.2) is 4.79 Å². The summed E-state index contributed by atoms with van der Waals surface area (Å²) >= 11 is 0. The second-order valence-corrected chi connectivity index (χ2v) is 6.76. The Balaban J connectivity index is 1.55. The Hall–Kier alpha value is -1.59. The number of nitrogens with one attached hydrogen (secondary N) is 2. The number of nitrogens with zero attached hydrogens (tertiary/aromatic N) is 1. The van der Waals surface area contributed by atoms with Crippen molar-refractivity contribution in [2.24, 2.45) is 11.8 Å². The first-order valence-electron chi connectivity index (χ1n) is 8.68. The first-order chi connectivity index (χ1) is 11.3. The third-order valence-corrected chi connectivity index (χ3v) is 5.14. The molecule has 2 aliphatic rings. The number of hydrogen-bond donors (Lipinski definition) is 3. The molecule has 5 heteroatoms. The van der Waals surface area contributed by atoms with Crippen molar-refractivity contribution in [3.8, 4) is 0 Å². The molecular formula is C18H27N3O2. The van der Waals surface area contributed by atoms with Crippen molar-refractivity contribution in [3.63, 3.8) is 0 Å². The van der Waals surface area contributed by atoms with Gasteiger partial charge in [0.1, 0.15) is 0 Å². The summed E-state index contributed by atoms with van der Waals surface area (Å²) in [5.41, 5.74) is 1.36. The molecule has 126 valence electrons. The third kappa shape index (κ3) is 4.24. The average molecular weight is 317 g/mol. The molecule has 0 bridgehead atoms. The van der Waals surface area contributed by atoms with E-state index in [1.165, 1.54) is 18.4 Å². The van der Waals surface area contributed by atoms with Gasteiger partial charge in [-0.05, 0) is 30.2 Å². The maximum atomic E-state index is 11.9. The van der Waals surface area contributed by atoms with Crippen molar-refractivity contribution in [2.45, 2.75) is 31.8 Å². The van der Waals surface area contributed by atoms with Gasteiger partial charge < -0.3 is 15.7 Å². The maximum absolute atomic E-state index is 11.9. The molecule has 3 unspecified atom stereocenters. The molecule has 0 spiro atoms. The third-order valence-electron chi connectivity index (χ3n) is 5.14. The number of urea groups is 1. The zero-order valence-corrected chi connectivity index (χ0v) is 13.6. The fraction of sp³-hybridized carbons (Fsp3) is 0.611. The van der Waals surface area contributed by atoms with Gasteiger partial charge in [-0.15, -0.1) is 0 Å². The van der Waals surface area contributed by atoms with Gasteiger partial charge in [-0.3, -0.25) is 4.90 Å². The molecule has 1 aliphatic heterocycles. The number of amides is 2. The van der Waals surface area contributed by atoms with Crippen LogP contribution >= 0.6 is 0 Å². The zero-order chi connectivity index (χ0) is 16.1. The van der Waals surface area contributed by atoms with E-state index in [-0.39, 0.29) is 18.7 Å². The van der Waals surface area contributed by atoms with Crippen molar-refractivity contribution < 1.29 is 9.90 Å². The Morgan fingerprint density at radius 3 is 2.83 bits per heavy atom. The SMILES string of the molecule is O=C(NCCO)NC1CCCC2CN(Cc3ccccc3)CC21. The topological polar surface area (TPSA) is 64.6 Å². The summed E-state index contributed by atoms with van der Waals surface area (Å²) in [4.78, 5) is 14.4. The Labute approximate surface area is 138 Å². The van der Waals surface area contributed by atoms with Crippen molar-refractivity contribution in [1.82, 2.24) is 15.5 Å². The molecule has 2 fully saturated rings. The minimum absolute atomic E-state index is 0.0189. The molecule has 1 saturated carbocycles. The first kappa shape index (κ1) is 16.3. The predicted octanol–water partition coefficient (Wildman–Crippen LogP) is 1.58. The van der Waals surface area contributed by atoms with E-state index < -0.39 is 0 Å². The van der Waals surface area contributed by atoms with Gasteiger partial charge in [0.25, 0.3) is 0 Å². The van der Waals surface area contributed by atoms with E-state index >= 15 is 0 Å². The number of carbonyl (C=O) groups is 1. The van der Waals surface area contributed by atoms with Gasteiger partial charge in [0, 0.05) is 32.2 Å². The molecular weight excluding hydrogens is 290 g/mol. The van der Waals surface area contributed by atoms with E-state index in [0.29, 0.717) is 18.4 Å². The fourth-order valence-corrected chi connectivity index (χ4v) is 4.10. The highest BCUT2D eigenvalue weighted by Gasteiger charge is 2.40. The smallest absolute Gasteiger partial charge is 0.315 e. The van der Waals surface area contributed by atoms with Crippen LogP contribution in [0, 0.1) is 11.8 Å². The van der Waals surface area contributed by atoms with Crippen molar-refractivity contribution in [1.29, 1.82) is 0 Å². The molecule has 1 aromatic rings. The van der Waals surface area contributed by atoms with Crippen molar-refractivity contribution >= 4 is 6.03 Å². The lowest BCUT2D eigenvalue weighted by Gasteiger charge is -2.33. The summed E-state index contributed by atoms with van der Waals surface area (Å²) in [6, 6.07) is 10.7. The van der Waals surface area contributed by atoms with Gasteiger partial charge >= 0.3 is 6.03 Å². The Morgan fingerprint density at radius 2 is 2.04 bits per heavy atom. The maximum Gasteiger partial charge on any atom is 0.315 e. The van der Waals surface area contributed by atoms with Crippen LogP contribution in [-0.4, -0.2) is 48.3 Å².